The molecule has 1 heterocycles. The van der Waals surface area contributed by atoms with Crippen LogP contribution in [0, 0.1) is 18.0 Å². The summed E-state index contributed by atoms with van der Waals surface area (Å²) >= 11 is 0. The number of aliphatic imine (C=N–C) groups is 1. The Morgan fingerprint density at radius 2 is 2.11 bits per heavy atom. The van der Waals surface area contributed by atoms with Crippen molar-refractivity contribution in [3.8, 4) is 0 Å². The highest BCUT2D eigenvalue weighted by molar-refractivity contribution is 6.78. The van der Waals surface area contributed by atoms with E-state index in [-0.39, 0.29) is 11.5 Å². The summed E-state index contributed by atoms with van der Waals surface area (Å²) in [5.74, 6) is -0.229. The lowest BCUT2D eigenvalue weighted by Crippen LogP contribution is -2.29. The molecule has 7 heteroatoms. The molecule has 7 nitrogen and oxygen atoms in total. The smallest absolute Gasteiger partial charge is 0.286 e. The molecule has 1 aromatic rings. The number of hydrogen-bond acceptors (Lipinski definition) is 5. The van der Waals surface area contributed by atoms with Crippen LogP contribution in [0.2, 0.25) is 0 Å². The van der Waals surface area contributed by atoms with Crippen LogP contribution in [0.5, 0.6) is 0 Å². The van der Waals surface area contributed by atoms with Crippen LogP contribution in [-0.2, 0) is 0 Å². The Balaban J connectivity index is 2.25. The zero-order chi connectivity index (χ0) is 12.9. The molecule has 1 atom stereocenters. The Labute approximate surface area is 102 Å². The number of benzene rings is 1. The standard InChI is InChI=1S/C11H9N6O/c1-5-2-3-6-7(4-5)10(18)9-8(6)14-11(15-12)17(13)16-9/h2-4,11-13H,1H3/q+1. The Kier molecular flexibility index (Phi) is 2.03. The number of nitrogens with zero attached hydrogens (tertiary/aromatic N) is 4. The molecule has 88 valence electrons. The summed E-state index contributed by atoms with van der Waals surface area (Å²) in [5, 5.41) is 7.03. The van der Waals surface area contributed by atoms with Crippen LogP contribution in [0.3, 0.4) is 0 Å². The summed E-state index contributed by atoms with van der Waals surface area (Å²) in [6.07, 6.45) is -1.01. The van der Waals surface area contributed by atoms with Crippen LogP contribution in [0.1, 0.15) is 21.5 Å². The molecule has 0 radical (unpaired) electrons. The van der Waals surface area contributed by atoms with E-state index in [2.05, 4.69) is 15.2 Å². The lowest BCUT2D eigenvalue weighted by molar-refractivity contribution is -0.653. The van der Waals surface area contributed by atoms with Gasteiger partial charge < -0.3 is 0 Å². The topological polar surface area (TPSA) is 105 Å². The van der Waals surface area contributed by atoms with Crippen LogP contribution in [0.4, 0.5) is 0 Å². The van der Waals surface area contributed by atoms with E-state index in [1.54, 1.807) is 6.07 Å². The summed E-state index contributed by atoms with van der Waals surface area (Å²) in [5.41, 5.74) is 17.3. The van der Waals surface area contributed by atoms with E-state index in [0.717, 1.165) is 5.56 Å². The molecule has 0 saturated heterocycles. The average Bonchev–Trinajstić information content (AvgIpc) is 2.62. The van der Waals surface area contributed by atoms with Gasteiger partial charge in [0, 0.05) is 16.2 Å². The predicted octanol–water partition coefficient (Wildman–Crippen LogP) is 1.71. The van der Waals surface area contributed by atoms with Gasteiger partial charge in [-0.3, -0.25) is 4.79 Å². The van der Waals surface area contributed by atoms with Gasteiger partial charge in [0.2, 0.25) is 11.5 Å². The van der Waals surface area contributed by atoms with E-state index in [0.29, 0.717) is 21.6 Å². The molecule has 0 fully saturated rings. The van der Waals surface area contributed by atoms with Crippen molar-refractivity contribution in [2.45, 2.75) is 13.2 Å². The third kappa shape index (κ3) is 1.27. The monoisotopic (exact) mass is 241 g/mol. The fourth-order valence-corrected chi connectivity index (χ4v) is 2.05. The van der Waals surface area contributed by atoms with Gasteiger partial charge in [-0.05, 0) is 18.5 Å². The number of rotatable bonds is 1. The van der Waals surface area contributed by atoms with Crippen LogP contribution in [-0.4, -0.2) is 28.3 Å². The van der Waals surface area contributed by atoms with E-state index >= 15 is 0 Å². The SMILES string of the molecule is Cc1ccc2c(c1)C(=O)C1=N[N+](=N)C(N=N)N=C12. The Morgan fingerprint density at radius 3 is 2.83 bits per heavy atom. The summed E-state index contributed by atoms with van der Waals surface area (Å²) < 4.78 is 0. The highest BCUT2D eigenvalue weighted by atomic mass is 16.1. The van der Waals surface area contributed by atoms with Gasteiger partial charge in [0.15, 0.2) is 0 Å². The quantitative estimate of drug-likeness (QED) is 0.567. The van der Waals surface area contributed by atoms with Gasteiger partial charge in [0.1, 0.15) is 5.71 Å². The fraction of sp³-hybridized carbons (Fsp3) is 0.182. The van der Waals surface area contributed by atoms with E-state index in [9.17, 15) is 4.79 Å². The van der Waals surface area contributed by atoms with Crippen molar-refractivity contribution in [1.29, 1.82) is 11.1 Å². The van der Waals surface area contributed by atoms with Crippen LogP contribution >= 0.6 is 0 Å². The van der Waals surface area contributed by atoms with Crippen LogP contribution in [0.15, 0.2) is 33.4 Å². The average molecular weight is 241 g/mol. The second-order valence-electron chi connectivity index (χ2n) is 4.12. The van der Waals surface area contributed by atoms with E-state index < -0.39 is 6.29 Å². The minimum Gasteiger partial charge on any atom is -0.286 e. The second kappa shape index (κ2) is 3.46. The van der Waals surface area contributed by atoms with Crippen molar-refractivity contribution in [3.63, 3.8) is 0 Å². The summed E-state index contributed by atoms with van der Waals surface area (Å²) in [6.45, 7) is 1.90. The number of fused-ring (bicyclic) bond motifs is 3. The van der Waals surface area contributed by atoms with E-state index in [1.807, 2.05) is 19.1 Å². The van der Waals surface area contributed by atoms with Crippen molar-refractivity contribution >= 4 is 17.2 Å². The minimum atomic E-state index is -1.01. The molecule has 18 heavy (non-hydrogen) atoms. The van der Waals surface area contributed by atoms with Gasteiger partial charge in [-0.1, -0.05) is 22.8 Å². The Bertz CT molecular complexity index is 672. The highest BCUT2D eigenvalue weighted by Gasteiger charge is 2.41. The molecule has 0 saturated carbocycles. The van der Waals surface area contributed by atoms with Crippen LogP contribution in [0.25, 0.3) is 0 Å². The maximum atomic E-state index is 12.1. The third-order valence-electron chi connectivity index (χ3n) is 2.90. The predicted molar refractivity (Wildman–Crippen MR) is 61.4 cm³/mol. The first kappa shape index (κ1) is 10.6. The maximum Gasteiger partial charge on any atom is 0.418 e. The van der Waals surface area contributed by atoms with Gasteiger partial charge in [-0.25, -0.2) is 5.53 Å². The van der Waals surface area contributed by atoms with E-state index in [4.69, 9.17) is 11.1 Å². The minimum absolute atomic E-state index is 0.158. The molecule has 0 bridgehead atoms. The van der Waals surface area contributed by atoms with Gasteiger partial charge in [0.25, 0.3) is 0 Å². The molecule has 0 spiro atoms. The summed E-state index contributed by atoms with van der Waals surface area (Å²) in [6, 6.07) is 5.48. The van der Waals surface area contributed by atoms with Gasteiger partial charge in [-0.2, -0.15) is 4.99 Å². The number of nitrogens with one attached hydrogen (secondary N) is 2. The molecule has 1 aromatic carbocycles. The Hall–Kier alpha value is -2.57. The first-order valence-corrected chi connectivity index (χ1v) is 5.31. The molecule has 2 aliphatic rings. The summed E-state index contributed by atoms with van der Waals surface area (Å²) in [7, 11) is 0. The largest absolute Gasteiger partial charge is 0.418 e. The number of aryl methyl sites for hydroxylation is 1. The second-order valence-corrected chi connectivity index (χ2v) is 4.12. The molecule has 0 aromatic heterocycles. The molecular weight excluding hydrogens is 232 g/mol. The molecular formula is C11H9N6O+. The van der Waals surface area contributed by atoms with Gasteiger partial charge >= 0.3 is 6.29 Å². The number of hydrazone groups is 1. The third-order valence-corrected chi connectivity index (χ3v) is 2.90. The maximum absolute atomic E-state index is 12.1. The number of ketones is 1. The first-order chi connectivity index (χ1) is 8.61. The summed E-state index contributed by atoms with van der Waals surface area (Å²) in [4.78, 5) is 16.9. The lowest BCUT2D eigenvalue weighted by atomic mass is 10.1. The number of Topliss-reactive ketones (excluding diaryl/α,β-unsaturated/α-hetero) is 1. The van der Waals surface area contributed by atoms with Crippen molar-refractivity contribution in [3.05, 3.63) is 34.9 Å². The van der Waals surface area contributed by atoms with Gasteiger partial charge in [-0.15, -0.1) is 0 Å². The van der Waals surface area contributed by atoms with Crippen molar-refractivity contribution in [1.82, 2.24) is 0 Å². The molecule has 0 amide bonds. The Morgan fingerprint density at radius 1 is 1.33 bits per heavy atom. The normalized spacial score (nSPS) is 21.1. The molecule has 3 rings (SSSR count). The van der Waals surface area contributed by atoms with Gasteiger partial charge in [0.05, 0.1) is 4.81 Å². The molecule has 2 N–H and O–H groups in total. The van der Waals surface area contributed by atoms with Crippen molar-refractivity contribution in [2.75, 3.05) is 0 Å². The molecule has 1 unspecified atom stereocenters. The number of carbonyl (C=O) groups is 1. The first-order valence-electron chi connectivity index (χ1n) is 5.31. The molecule has 1 aliphatic carbocycles. The molecule has 1 aliphatic heterocycles. The fourth-order valence-electron chi connectivity index (χ4n) is 2.05. The lowest BCUT2D eigenvalue weighted by Gasteiger charge is -2.04. The number of hydrogen-bond donors (Lipinski definition) is 2. The zero-order valence-corrected chi connectivity index (χ0v) is 9.51. The van der Waals surface area contributed by atoms with Crippen molar-refractivity contribution in [2.24, 2.45) is 15.2 Å². The van der Waals surface area contributed by atoms with Crippen LogP contribution < -0.4 is 0 Å². The van der Waals surface area contributed by atoms with E-state index in [1.165, 1.54) is 0 Å². The van der Waals surface area contributed by atoms with Crippen molar-refractivity contribution < 1.29 is 9.60 Å². The zero-order valence-electron chi connectivity index (χ0n) is 9.51. The highest BCUT2D eigenvalue weighted by Crippen LogP contribution is 2.25. The number of carbonyl (C=O) groups excluding carboxylic acids is 1.